The quantitative estimate of drug-likeness (QED) is 0.672. The maximum absolute atomic E-state index is 12.4. The lowest BCUT2D eigenvalue weighted by atomic mass is 10.1. The molecule has 1 aromatic heterocycles. The lowest BCUT2D eigenvalue weighted by Gasteiger charge is -1.99. The zero-order valence-corrected chi connectivity index (χ0v) is 12.9. The minimum absolute atomic E-state index is 0.180. The molecule has 1 heterocycles. The molecule has 0 aliphatic rings. The summed E-state index contributed by atoms with van der Waals surface area (Å²) in [6, 6.07) is 8.39. The molecule has 0 atom stereocenters. The molecule has 0 aliphatic carbocycles. The van der Waals surface area contributed by atoms with Crippen LogP contribution in [0.5, 0.6) is 5.75 Å². The highest BCUT2D eigenvalue weighted by atomic mass is 35.5. The van der Waals surface area contributed by atoms with Gasteiger partial charge < -0.3 is 5.11 Å². The van der Waals surface area contributed by atoms with Gasteiger partial charge in [-0.25, -0.2) is 0 Å². The van der Waals surface area contributed by atoms with Crippen molar-refractivity contribution in [1.29, 1.82) is 5.26 Å². The second kappa shape index (κ2) is 6.31. The van der Waals surface area contributed by atoms with Crippen LogP contribution in [0, 0.1) is 11.3 Å². The summed E-state index contributed by atoms with van der Waals surface area (Å²) in [4.78, 5) is 12.5. The average Bonchev–Trinajstić information content (AvgIpc) is 2.75. The number of benzene rings is 1. The highest BCUT2D eigenvalue weighted by Gasteiger charge is 2.23. The molecule has 2 aromatic rings. The Balaban J connectivity index is 2.45. The fourth-order valence-electron chi connectivity index (χ4n) is 1.62. The highest BCUT2D eigenvalue weighted by Crippen LogP contribution is 2.41. The second-order valence-corrected chi connectivity index (χ2v) is 6.81. The zero-order chi connectivity index (χ0) is 14.7. The Labute approximate surface area is 129 Å². The van der Waals surface area contributed by atoms with E-state index in [2.05, 4.69) is 0 Å². The predicted molar refractivity (Wildman–Crippen MR) is 82.0 cm³/mol. The maximum atomic E-state index is 12.4. The van der Waals surface area contributed by atoms with Gasteiger partial charge in [-0.1, -0.05) is 18.5 Å². The molecule has 0 aliphatic heterocycles. The Kier molecular flexibility index (Phi) is 4.71. The number of thioether (sulfide) groups is 1. The van der Waals surface area contributed by atoms with Gasteiger partial charge in [0.25, 0.3) is 0 Å². The van der Waals surface area contributed by atoms with E-state index in [-0.39, 0.29) is 22.0 Å². The van der Waals surface area contributed by atoms with Gasteiger partial charge in [-0.2, -0.15) is 5.26 Å². The zero-order valence-electron chi connectivity index (χ0n) is 10.5. The average molecular weight is 324 g/mol. The van der Waals surface area contributed by atoms with Crippen molar-refractivity contribution in [3.05, 3.63) is 45.3 Å². The van der Waals surface area contributed by atoms with E-state index in [0.29, 0.717) is 14.8 Å². The molecule has 0 bridgehead atoms. The molecular weight excluding hydrogens is 314 g/mol. The lowest BCUT2D eigenvalue weighted by Crippen LogP contribution is -1.98. The van der Waals surface area contributed by atoms with E-state index in [0.717, 1.165) is 17.1 Å². The van der Waals surface area contributed by atoms with Crippen molar-refractivity contribution in [2.24, 2.45) is 0 Å². The summed E-state index contributed by atoms with van der Waals surface area (Å²) in [6.07, 6.45) is 0. The van der Waals surface area contributed by atoms with Gasteiger partial charge in [0, 0.05) is 10.6 Å². The minimum atomic E-state index is -0.302. The van der Waals surface area contributed by atoms with Crippen LogP contribution in [-0.2, 0) is 0 Å². The van der Waals surface area contributed by atoms with Crippen molar-refractivity contribution in [2.75, 3.05) is 5.75 Å². The lowest BCUT2D eigenvalue weighted by molar-refractivity contribution is 0.104. The number of nitriles is 1. The number of aromatic hydroxyl groups is 1. The molecule has 102 valence electrons. The van der Waals surface area contributed by atoms with Crippen LogP contribution >= 0.6 is 34.7 Å². The molecule has 0 fully saturated rings. The number of hydrogen-bond acceptors (Lipinski definition) is 5. The normalized spacial score (nSPS) is 10.2. The summed E-state index contributed by atoms with van der Waals surface area (Å²) < 4.78 is 0.671. The number of ketones is 1. The van der Waals surface area contributed by atoms with Gasteiger partial charge in [0.1, 0.15) is 16.5 Å². The van der Waals surface area contributed by atoms with E-state index < -0.39 is 0 Å². The third-order valence-corrected chi connectivity index (χ3v) is 5.13. The van der Waals surface area contributed by atoms with Crippen molar-refractivity contribution in [3.8, 4) is 11.8 Å². The van der Waals surface area contributed by atoms with E-state index in [9.17, 15) is 9.90 Å². The molecular formula is C14H10ClNO2S2. The summed E-state index contributed by atoms with van der Waals surface area (Å²) in [6.45, 7) is 1.95. The SMILES string of the molecule is CCSc1sc(C(=O)c2ccc(Cl)cc2)c(O)c1C#N. The number of carbonyl (C=O) groups is 1. The first-order valence-corrected chi connectivity index (χ1v) is 7.95. The molecule has 20 heavy (non-hydrogen) atoms. The second-order valence-electron chi connectivity index (χ2n) is 3.82. The smallest absolute Gasteiger partial charge is 0.206 e. The van der Waals surface area contributed by atoms with Gasteiger partial charge in [-0.05, 0) is 30.0 Å². The standard InChI is InChI=1S/C14H10ClNO2S2/c1-2-19-14-10(7-16)12(18)13(20-14)11(17)8-3-5-9(15)6-4-8/h3-6,18H,2H2,1H3. The largest absolute Gasteiger partial charge is 0.505 e. The van der Waals surface area contributed by atoms with Crippen LogP contribution in [0.4, 0.5) is 0 Å². The molecule has 6 heteroatoms. The molecule has 0 saturated carbocycles. The number of thiophene rings is 1. The molecule has 0 saturated heterocycles. The fourth-order valence-corrected chi connectivity index (χ4v) is 3.97. The number of nitrogens with zero attached hydrogens (tertiary/aromatic N) is 1. The fraction of sp³-hybridized carbons (Fsp3) is 0.143. The van der Waals surface area contributed by atoms with Crippen LogP contribution in [0.2, 0.25) is 5.02 Å². The van der Waals surface area contributed by atoms with Crippen molar-refractivity contribution < 1.29 is 9.90 Å². The van der Waals surface area contributed by atoms with Crippen LogP contribution < -0.4 is 0 Å². The van der Waals surface area contributed by atoms with Crippen LogP contribution in [-0.4, -0.2) is 16.6 Å². The highest BCUT2D eigenvalue weighted by molar-refractivity contribution is 8.01. The van der Waals surface area contributed by atoms with Gasteiger partial charge in [-0.15, -0.1) is 23.1 Å². The first-order chi connectivity index (χ1) is 9.58. The topological polar surface area (TPSA) is 61.1 Å². The summed E-state index contributed by atoms with van der Waals surface area (Å²) in [5.74, 6) is 0.237. The molecule has 0 spiro atoms. The van der Waals surface area contributed by atoms with Crippen molar-refractivity contribution in [3.63, 3.8) is 0 Å². The predicted octanol–water partition coefficient (Wildman–Crippen LogP) is 4.32. The molecule has 0 radical (unpaired) electrons. The number of halogens is 1. The third-order valence-electron chi connectivity index (χ3n) is 2.55. The molecule has 2 rings (SSSR count). The maximum Gasteiger partial charge on any atom is 0.206 e. The van der Waals surface area contributed by atoms with Gasteiger partial charge in [0.2, 0.25) is 5.78 Å². The van der Waals surface area contributed by atoms with Crippen molar-refractivity contribution >= 4 is 40.5 Å². The molecule has 0 amide bonds. The monoisotopic (exact) mass is 323 g/mol. The molecule has 1 N–H and O–H groups in total. The van der Waals surface area contributed by atoms with E-state index in [1.54, 1.807) is 24.3 Å². The molecule has 3 nitrogen and oxygen atoms in total. The van der Waals surface area contributed by atoms with E-state index in [1.807, 2.05) is 13.0 Å². The van der Waals surface area contributed by atoms with Crippen molar-refractivity contribution in [2.45, 2.75) is 11.1 Å². The van der Waals surface area contributed by atoms with E-state index >= 15 is 0 Å². The Morgan fingerprint density at radius 3 is 2.65 bits per heavy atom. The molecule has 1 aromatic carbocycles. The van der Waals surface area contributed by atoms with Gasteiger partial charge in [0.05, 0.1) is 4.21 Å². The van der Waals surface area contributed by atoms with Gasteiger partial charge >= 0.3 is 0 Å². The summed E-state index contributed by atoms with van der Waals surface area (Å²) in [5.41, 5.74) is 0.614. The molecule has 0 unspecified atom stereocenters. The summed E-state index contributed by atoms with van der Waals surface area (Å²) in [7, 11) is 0. The van der Waals surface area contributed by atoms with Crippen LogP contribution in [0.25, 0.3) is 0 Å². The Bertz CT molecular complexity index is 686. The number of carbonyl (C=O) groups excluding carboxylic acids is 1. The number of hydrogen-bond donors (Lipinski definition) is 1. The van der Waals surface area contributed by atoms with Gasteiger partial charge in [0.15, 0.2) is 5.75 Å². The van der Waals surface area contributed by atoms with Crippen LogP contribution in [0.1, 0.15) is 27.7 Å². The minimum Gasteiger partial charge on any atom is -0.505 e. The third kappa shape index (κ3) is 2.83. The Hall–Kier alpha value is -1.48. The van der Waals surface area contributed by atoms with E-state index in [4.69, 9.17) is 16.9 Å². The summed E-state index contributed by atoms with van der Waals surface area (Å²) >= 11 is 8.37. The number of rotatable bonds is 4. The Morgan fingerprint density at radius 2 is 2.10 bits per heavy atom. The first kappa shape index (κ1) is 14.9. The van der Waals surface area contributed by atoms with Crippen LogP contribution in [0.15, 0.2) is 28.5 Å². The van der Waals surface area contributed by atoms with Gasteiger partial charge in [-0.3, -0.25) is 4.79 Å². The Morgan fingerprint density at radius 1 is 1.45 bits per heavy atom. The first-order valence-electron chi connectivity index (χ1n) is 5.77. The van der Waals surface area contributed by atoms with E-state index in [1.165, 1.54) is 11.8 Å². The summed E-state index contributed by atoms with van der Waals surface area (Å²) in [5, 5.41) is 19.7. The van der Waals surface area contributed by atoms with Crippen molar-refractivity contribution in [1.82, 2.24) is 0 Å². The van der Waals surface area contributed by atoms with Crippen LogP contribution in [0.3, 0.4) is 0 Å².